The number of aromatic nitrogens is 2. The number of rotatable bonds is 4. The Labute approximate surface area is 107 Å². The number of anilines is 1. The van der Waals surface area contributed by atoms with E-state index in [1.54, 1.807) is 12.4 Å². The van der Waals surface area contributed by atoms with Crippen molar-refractivity contribution in [2.24, 2.45) is 5.92 Å². The normalized spacial score (nSPS) is 23.9. The predicted molar refractivity (Wildman–Crippen MR) is 70.9 cm³/mol. The minimum atomic E-state index is 0.0313. The summed E-state index contributed by atoms with van der Waals surface area (Å²) in [5.41, 5.74) is 0.0313. The minimum absolute atomic E-state index is 0.0313. The molecule has 0 aromatic carbocycles. The molecular formula is C13H20N4O. The number of nitrogens with zero attached hydrogens (tertiary/aromatic N) is 2. The van der Waals surface area contributed by atoms with Gasteiger partial charge in [-0.1, -0.05) is 0 Å². The summed E-state index contributed by atoms with van der Waals surface area (Å²) >= 11 is 0. The third kappa shape index (κ3) is 2.56. The molecule has 1 atom stereocenters. The summed E-state index contributed by atoms with van der Waals surface area (Å²) in [6.45, 7) is 3.00. The summed E-state index contributed by atoms with van der Waals surface area (Å²) in [6, 6.07) is 0.414. The van der Waals surface area contributed by atoms with E-state index in [-0.39, 0.29) is 5.56 Å². The van der Waals surface area contributed by atoms with Gasteiger partial charge in [0, 0.05) is 25.0 Å². The van der Waals surface area contributed by atoms with Crippen LogP contribution in [0.4, 0.5) is 5.82 Å². The molecule has 1 saturated heterocycles. The second-order valence-electron chi connectivity index (χ2n) is 5.31. The molecule has 98 valence electrons. The van der Waals surface area contributed by atoms with Crippen LogP contribution in [0, 0.1) is 5.92 Å². The van der Waals surface area contributed by atoms with Gasteiger partial charge in [0.25, 0.3) is 5.56 Å². The fourth-order valence-corrected chi connectivity index (χ4v) is 2.53. The van der Waals surface area contributed by atoms with Gasteiger partial charge >= 0.3 is 0 Å². The monoisotopic (exact) mass is 248 g/mol. The maximum Gasteiger partial charge on any atom is 0.293 e. The Morgan fingerprint density at radius 2 is 2.33 bits per heavy atom. The predicted octanol–water partition coefficient (Wildman–Crippen LogP) is 0.990. The van der Waals surface area contributed by atoms with Crippen LogP contribution < -0.4 is 16.2 Å². The first-order chi connectivity index (χ1) is 8.84. The summed E-state index contributed by atoms with van der Waals surface area (Å²) in [5.74, 6) is 1.12. The molecule has 0 radical (unpaired) electrons. The van der Waals surface area contributed by atoms with E-state index >= 15 is 0 Å². The van der Waals surface area contributed by atoms with Crippen LogP contribution in [0.5, 0.6) is 0 Å². The molecule has 1 aliphatic carbocycles. The third-order valence-corrected chi connectivity index (χ3v) is 3.77. The van der Waals surface area contributed by atoms with Gasteiger partial charge in [0.2, 0.25) is 0 Å². The second kappa shape index (κ2) is 5.10. The van der Waals surface area contributed by atoms with Crippen LogP contribution in [-0.2, 0) is 0 Å². The van der Waals surface area contributed by atoms with Crippen LogP contribution >= 0.6 is 0 Å². The summed E-state index contributed by atoms with van der Waals surface area (Å²) in [5, 5.41) is 6.60. The maximum atomic E-state index is 12.1. The lowest BCUT2D eigenvalue weighted by atomic mass is 10.00. The lowest BCUT2D eigenvalue weighted by Gasteiger charge is -2.23. The molecule has 5 nitrogen and oxygen atoms in total. The number of hydrogen-bond acceptors (Lipinski definition) is 4. The van der Waals surface area contributed by atoms with E-state index in [1.807, 2.05) is 4.57 Å². The van der Waals surface area contributed by atoms with Crippen molar-refractivity contribution in [1.82, 2.24) is 14.9 Å². The van der Waals surface area contributed by atoms with Crippen LogP contribution in [0.2, 0.25) is 0 Å². The molecule has 18 heavy (non-hydrogen) atoms. The first kappa shape index (κ1) is 11.7. The molecule has 3 rings (SSSR count). The lowest BCUT2D eigenvalue weighted by molar-refractivity contribution is 0.392. The van der Waals surface area contributed by atoms with E-state index in [0.29, 0.717) is 17.8 Å². The first-order valence-electron chi connectivity index (χ1n) is 6.86. The van der Waals surface area contributed by atoms with Gasteiger partial charge in [-0.25, -0.2) is 4.98 Å². The highest BCUT2D eigenvalue weighted by Crippen LogP contribution is 2.33. The highest BCUT2D eigenvalue weighted by atomic mass is 16.1. The van der Waals surface area contributed by atoms with E-state index in [1.165, 1.54) is 12.8 Å². The van der Waals surface area contributed by atoms with Crippen molar-refractivity contribution in [1.29, 1.82) is 0 Å². The molecular weight excluding hydrogens is 228 g/mol. The van der Waals surface area contributed by atoms with Crippen LogP contribution in [0.1, 0.15) is 31.7 Å². The van der Waals surface area contributed by atoms with Crippen molar-refractivity contribution >= 4 is 5.82 Å². The van der Waals surface area contributed by atoms with E-state index < -0.39 is 0 Å². The number of piperidine rings is 1. The Hall–Kier alpha value is -1.36. The Balaban J connectivity index is 1.65. The summed E-state index contributed by atoms with van der Waals surface area (Å²) in [6.07, 6.45) is 8.21. The smallest absolute Gasteiger partial charge is 0.293 e. The van der Waals surface area contributed by atoms with E-state index in [4.69, 9.17) is 0 Å². The van der Waals surface area contributed by atoms with Gasteiger partial charge in [0.15, 0.2) is 5.82 Å². The molecule has 2 N–H and O–H groups in total. The zero-order valence-corrected chi connectivity index (χ0v) is 10.6. The fourth-order valence-electron chi connectivity index (χ4n) is 2.53. The summed E-state index contributed by atoms with van der Waals surface area (Å²) in [4.78, 5) is 16.3. The van der Waals surface area contributed by atoms with Crippen molar-refractivity contribution in [2.75, 3.05) is 25.0 Å². The number of hydrogen-bond donors (Lipinski definition) is 2. The van der Waals surface area contributed by atoms with Crippen LogP contribution in [0.25, 0.3) is 0 Å². The van der Waals surface area contributed by atoms with E-state index in [0.717, 1.165) is 32.5 Å². The van der Waals surface area contributed by atoms with Crippen molar-refractivity contribution in [3.8, 4) is 0 Å². The molecule has 5 heteroatoms. The van der Waals surface area contributed by atoms with Gasteiger partial charge in [0.1, 0.15) is 0 Å². The van der Waals surface area contributed by atoms with Crippen LogP contribution in [0.15, 0.2) is 17.2 Å². The van der Waals surface area contributed by atoms with Gasteiger partial charge in [-0.3, -0.25) is 4.79 Å². The zero-order chi connectivity index (χ0) is 12.4. The van der Waals surface area contributed by atoms with Crippen molar-refractivity contribution in [3.05, 3.63) is 22.7 Å². The third-order valence-electron chi connectivity index (χ3n) is 3.77. The highest BCUT2D eigenvalue weighted by molar-refractivity contribution is 5.31. The molecule has 2 fully saturated rings. The first-order valence-corrected chi connectivity index (χ1v) is 6.86. The van der Waals surface area contributed by atoms with Crippen molar-refractivity contribution < 1.29 is 0 Å². The average Bonchev–Trinajstić information content (AvgIpc) is 3.23. The quantitative estimate of drug-likeness (QED) is 0.834. The molecule has 0 amide bonds. The standard InChI is InChI=1S/C13H20N4O/c18-13-12(15-6-7-17(13)11-3-4-11)16-9-10-2-1-5-14-8-10/h6-7,10-11,14H,1-5,8-9H2,(H,15,16). The molecule has 0 spiro atoms. The van der Waals surface area contributed by atoms with E-state index in [9.17, 15) is 4.79 Å². The molecule has 1 saturated carbocycles. The molecule has 2 aliphatic rings. The number of nitrogens with one attached hydrogen (secondary N) is 2. The van der Waals surface area contributed by atoms with E-state index in [2.05, 4.69) is 15.6 Å². The van der Waals surface area contributed by atoms with Gasteiger partial charge < -0.3 is 15.2 Å². The molecule has 1 aromatic rings. The molecule has 1 unspecified atom stereocenters. The Morgan fingerprint density at radius 3 is 3.06 bits per heavy atom. The largest absolute Gasteiger partial charge is 0.365 e. The average molecular weight is 248 g/mol. The Kier molecular flexibility index (Phi) is 3.32. The van der Waals surface area contributed by atoms with Gasteiger partial charge in [-0.15, -0.1) is 0 Å². The van der Waals surface area contributed by atoms with Crippen LogP contribution in [-0.4, -0.2) is 29.2 Å². The second-order valence-corrected chi connectivity index (χ2v) is 5.31. The van der Waals surface area contributed by atoms with Crippen molar-refractivity contribution in [2.45, 2.75) is 31.7 Å². The Bertz CT molecular complexity index is 460. The summed E-state index contributed by atoms with van der Waals surface area (Å²) < 4.78 is 1.81. The molecule has 1 aromatic heterocycles. The molecule has 1 aliphatic heterocycles. The summed E-state index contributed by atoms with van der Waals surface area (Å²) in [7, 11) is 0. The van der Waals surface area contributed by atoms with Gasteiger partial charge in [-0.2, -0.15) is 0 Å². The van der Waals surface area contributed by atoms with Crippen molar-refractivity contribution in [3.63, 3.8) is 0 Å². The topological polar surface area (TPSA) is 59.0 Å². The Morgan fingerprint density at radius 1 is 1.44 bits per heavy atom. The van der Waals surface area contributed by atoms with Gasteiger partial charge in [0.05, 0.1) is 0 Å². The SMILES string of the molecule is O=c1c(NCC2CCCNC2)nccn1C1CC1. The van der Waals surface area contributed by atoms with Crippen LogP contribution in [0.3, 0.4) is 0 Å². The zero-order valence-electron chi connectivity index (χ0n) is 10.6. The highest BCUT2D eigenvalue weighted by Gasteiger charge is 2.25. The molecule has 2 heterocycles. The van der Waals surface area contributed by atoms with Gasteiger partial charge in [-0.05, 0) is 44.7 Å². The minimum Gasteiger partial charge on any atom is -0.365 e. The maximum absolute atomic E-state index is 12.1. The fraction of sp³-hybridized carbons (Fsp3) is 0.692. The lowest BCUT2D eigenvalue weighted by Crippen LogP contribution is -2.35. The molecule has 0 bridgehead atoms.